The van der Waals surface area contributed by atoms with Crippen LogP contribution < -0.4 is 9.47 Å². The molecule has 0 aliphatic rings. The topological polar surface area (TPSA) is 89.9 Å². The van der Waals surface area contributed by atoms with E-state index in [1.165, 1.54) is 25.0 Å². The maximum atomic E-state index is 12.7. The Morgan fingerprint density at radius 2 is 1.72 bits per heavy atom. The summed E-state index contributed by atoms with van der Waals surface area (Å²) < 4.78 is 11.6. The Morgan fingerprint density at radius 1 is 1.08 bits per heavy atom. The number of carboxylic acid groups (broad SMARTS) is 1. The number of hydrogen-bond donors (Lipinski definition) is 1. The van der Waals surface area contributed by atoms with Crippen LogP contribution in [-0.2, 0) is 4.79 Å². The number of aryl methyl sites for hydroxylation is 1. The third kappa shape index (κ3) is 9.90. The summed E-state index contributed by atoms with van der Waals surface area (Å²) in [5, 5.41) is 9.54. The molecule has 0 bridgehead atoms. The van der Waals surface area contributed by atoms with Crippen molar-refractivity contribution in [3.63, 3.8) is 0 Å². The van der Waals surface area contributed by atoms with Gasteiger partial charge in [-0.15, -0.1) is 0 Å². The van der Waals surface area contributed by atoms with E-state index in [0.29, 0.717) is 40.9 Å². The molecule has 0 spiro atoms. The van der Waals surface area contributed by atoms with Gasteiger partial charge in [-0.1, -0.05) is 32.8 Å². The van der Waals surface area contributed by atoms with Gasteiger partial charge in [0.05, 0.1) is 18.3 Å². The van der Waals surface area contributed by atoms with Crippen molar-refractivity contribution in [2.24, 2.45) is 0 Å². The van der Waals surface area contributed by atoms with Crippen molar-refractivity contribution in [3.05, 3.63) is 76.9 Å². The molecule has 2 rings (SSSR count). The lowest BCUT2D eigenvalue weighted by Gasteiger charge is -2.18. The van der Waals surface area contributed by atoms with Crippen molar-refractivity contribution >= 4 is 24.1 Å². The Bertz CT molecular complexity index is 1040. The summed E-state index contributed by atoms with van der Waals surface area (Å²) in [6.07, 6.45) is 9.47. The number of aromatic carboxylic acids is 1. The van der Waals surface area contributed by atoms with Crippen LogP contribution in [0.1, 0.15) is 83.9 Å². The van der Waals surface area contributed by atoms with Crippen LogP contribution in [0.25, 0.3) is 6.08 Å². The summed E-state index contributed by atoms with van der Waals surface area (Å²) in [6, 6.07) is 8.87. The van der Waals surface area contributed by atoms with Crippen LogP contribution in [0.4, 0.5) is 0 Å². The molecule has 0 saturated carbocycles. The highest BCUT2D eigenvalue weighted by atomic mass is 16.5. The summed E-state index contributed by atoms with van der Waals surface area (Å²) in [7, 11) is 0. The number of aldehydes is 1. The molecular formula is C30H38O6. The van der Waals surface area contributed by atoms with Crippen LogP contribution in [0.2, 0.25) is 0 Å². The fourth-order valence-electron chi connectivity index (χ4n) is 3.54. The second kappa shape index (κ2) is 16.1. The molecule has 0 amide bonds. The highest BCUT2D eigenvalue weighted by molar-refractivity contribution is 6.07. The number of carbonyl (C=O) groups excluding carboxylic acids is 2. The molecule has 0 aliphatic heterocycles. The Kier molecular flexibility index (Phi) is 13.6. The van der Waals surface area contributed by atoms with Crippen LogP contribution in [0.5, 0.6) is 11.5 Å². The van der Waals surface area contributed by atoms with Crippen LogP contribution in [-0.4, -0.2) is 35.9 Å². The first-order chi connectivity index (χ1) is 17.2. The molecule has 2 aromatic rings. The lowest BCUT2D eigenvalue weighted by molar-refractivity contribution is -0.104. The van der Waals surface area contributed by atoms with Gasteiger partial charge in [-0.05, 0) is 88.2 Å². The van der Waals surface area contributed by atoms with Crippen LogP contribution >= 0.6 is 0 Å². The van der Waals surface area contributed by atoms with E-state index in [2.05, 4.69) is 13.5 Å². The van der Waals surface area contributed by atoms with E-state index in [1.807, 2.05) is 26.0 Å². The number of benzene rings is 2. The summed E-state index contributed by atoms with van der Waals surface area (Å²) >= 11 is 0. The van der Waals surface area contributed by atoms with Crippen LogP contribution in [0.3, 0.4) is 0 Å². The molecule has 2 aromatic carbocycles. The fraction of sp³-hybridized carbons (Fsp3) is 0.367. The molecule has 194 valence electrons. The van der Waals surface area contributed by atoms with Gasteiger partial charge in [0.25, 0.3) is 0 Å². The van der Waals surface area contributed by atoms with Crippen molar-refractivity contribution in [2.45, 2.75) is 66.4 Å². The zero-order chi connectivity index (χ0) is 27.1. The monoisotopic (exact) mass is 494 g/mol. The average Bonchev–Trinajstić information content (AvgIpc) is 2.84. The molecule has 0 heterocycles. The summed E-state index contributed by atoms with van der Waals surface area (Å²) in [5.74, 6) is 0.101. The van der Waals surface area contributed by atoms with Gasteiger partial charge >= 0.3 is 5.97 Å². The van der Waals surface area contributed by atoms with Crippen molar-refractivity contribution in [2.75, 3.05) is 6.61 Å². The number of ether oxygens (including phenoxy) is 2. The second-order valence-corrected chi connectivity index (χ2v) is 8.59. The van der Waals surface area contributed by atoms with E-state index >= 15 is 0 Å². The minimum atomic E-state index is -0.993. The van der Waals surface area contributed by atoms with E-state index < -0.39 is 5.97 Å². The van der Waals surface area contributed by atoms with Crippen molar-refractivity contribution in [3.8, 4) is 11.5 Å². The molecule has 0 unspecified atom stereocenters. The quantitative estimate of drug-likeness (QED) is 0.139. The molecule has 1 N–H and O–H groups in total. The number of ketones is 1. The molecule has 36 heavy (non-hydrogen) atoms. The Balaban J connectivity index is 0.00000150. The fourth-order valence-corrected chi connectivity index (χ4v) is 3.54. The van der Waals surface area contributed by atoms with Gasteiger partial charge in [0.2, 0.25) is 0 Å². The van der Waals surface area contributed by atoms with Crippen LogP contribution in [0.15, 0.2) is 49.1 Å². The first kappa shape index (κ1) is 30.4. The van der Waals surface area contributed by atoms with Crippen LogP contribution in [0, 0.1) is 13.8 Å². The largest absolute Gasteiger partial charge is 0.494 e. The van der Waals surface area contributed by atoms with Gasteiger partial charge < -0.3 is 14.6 Å². The maximum Gasteiger partial charge on any atom is 0.336 e. The zero-order valence-corrected chi connectivity index (χ0v) is 22.0. The Morgan fingerprint density at radius 3 is 2.25 bits per heavy atom. The number of unbranched alkanes of at least 4 members (excludes halogenated alkanes) is 3. The highest BCUT2D eigenvalue weighted by Gasteiger charge is 2.19. The second-order valence-electron chi connectivity index (χ2n) is 8.59. The van der Waals surface area contributed by atoms with E-state index in [9.17, 15) is 14.7 Å². The molecule has 0 atom stereocenters. The molecule has 0 fully saturated rings. The van der Waals surface area contributed by atoms with Gasteiger partial charge in [-0.2, -0.15) is 0 Å². The predicted octanol–water partition coefficient (Wildman–Crippen LogP) is 7.02. The average molecular weight is 495 g/mol. The number of allylic oxidation sites excluding steroid dienone is 2. The highest BCUT2D eigenvalue weighted by Crippen LogP contribution is 2.32. The van der Waals surface area contributed by atoms with Crippen molar-refractivity contribution in [1.29, 1.82) is 0 Å². The van der Waals surface area contributed by atoms with E-state index in [1.54, 1.807) is 38.1 Å². The van der Waals surface area contributed by atoms with Gasteiger partial charge in [0.15, 0.2) is 5.78 Å². The standard InChI is InChI=1S/C27H34O5.C3H4O/c1-6-7-8-9-16-31-23-13-10-21(11-14-23)24(28)15-12-22-17-19(4)25(27(29)30)20(5)26(22)32-18(2)3;1-2-3-4/h10-15,17-18H,6-9,16H2,1-5H3,(H,29,30);2-3H,1H2. The van der Waals surface area contributed by atoms with E-state index in [-0.39, 0.29) is 17.5 Å². The third-order valence-corrected chi connectivity index (χ3v) is 5.23. The van der Waals surface area contributed by atoms with Gasteiger partial charge in [-0.25, -0.2) is 4.79 Å². The Hall–Kier alpha value is -3.67. The van der Waals surface area contributed by atoms with Crippen molar-refractivity contribution < 1.29 is 29.0 Å². The number of carbonyl (C=O) groups is 3. The molecule has 0 aromatic heterocycles. The first-order valence-electron chi connectivity index (χ1n) is 12.2. The first-order valence-corrected chi connectivity index (χ1v) is 12.2. The number of carboxylic acids is 1. The minimum absolute atomic E-state index is 0.129. The molecule has 6 heteroatoms. The maximum absolute atomic E-state index is 12.7. The lowest BCUT2D eigenvalue weighted by atomic mass is 9.97. The molecular weight excluding hydrogens is 456 g/mol. The van der Waals surface area contributed by atoms with Crippen molar-refractivity contribution in [1.82, 2.24) is 0 Å². The number of hydrogen-bond acceptors (Lipinski definition) is 5. The van der Waals surface area contributed by atoms with E-state index in [0.717, 1.165) is 18.6 Å². The minimum Gasteiger partial charge on any atom is -0.494 e. The lowest BCUT2D eigenvalue weighted by Crippen LogP contribution is -2.12. The van der Waals surface area contributed by atoms with Gasteiger partial charge in [0.1, 0.15) is 17.8 Å². The zero-order valence-electron chi connectivity index (χ0n) is 22.0. The smallest absolute Gasteiger partial charge is 0.336 e. The summed E-state index contributed by atoms with van der Waals surface area (Å²) in [5.41, 5.74) is 2.65. The summed E-state index contributed by atoms with van der Waals surface area (Å²) in [6.45, 7) is 13.2. The molecule has 0 radical (unpaired) electrons. The molecule has 0 aliphatic carbocycles. The predicted molar refractivity (Wildman–Crippen MR) is 144 cm³/mol. The van der Waals surface area contributed by atoms with Gasteiger partial charge in [-0.3, -0.25) is 9.59 Å². The Labute approximate surface area is 214 Å². The van der Waals surface area contributed by atoms with E-state index in [4.69, 9.17) is 14.3 Å². The SMILES string of the molecule is C=CC=O.CCCCCCOc1ccc(C(=O)C=Cc2cc(C)c(C(=O)O)c(C)c2OC(C)C)cc1. The molecule has 0 saturated heterocycles. The normalized spacial score (nSPS) is 10.5. The summed E-state index contributed by atoms with van der Waals surface area (Å²) in [4.78, 5) is 33.4. The van der Waals surface area contributed by atoms with Gasteiger partial charge in [0, 0.05) is 16.7 Å². The number of rotatable bonds is 13. The third-order valence-electron chi connectivity index (χ3n) is 5.23. The molecule has 6 nitrogen and oxygen atoms in total.